The molecule has 0 saturated carbocycles. The van der Waals surface area contributed by atoms with Crippen LogP contribution < -0.4 is 5.73 Å². The van der Waals surface area contributed by atoms with Crippen LogP contribution in [-0.2, 0) is 0 Å². The van der Waals surface area contributed by atoms with Crippen molar-refractivity contribution in [3.8, 4) is 0 Å². The topological polar surface area (TPSA) is 59.2 Å². The summed E-state index contributed by atoms with van der Waals surface area (Å²) < 4.78 is 0. The second-order valence-electron chi connectivity index (χ2n) is 3.98. The summed E-state index contributed by atoms with van der Waals surface area (Å²) in [5.74, 6) is -0.111. The Balaban J connectivity index is 2.99. The molecular formula is C12H18ClN3O. The van der Waals surface area contributed by atoms with Gasteiger partial charge in [-0.15, -0.1) is 0 Å². The van der Waals surface area contributed by atoms with Crippen LogP contribution in [0.2, 0.25) is 5.15 Å². The summed E-state index contributed by atoms with van der Waals surface area (Å²) >= 11 is 5.78. The van der Waals surface area contributed by atoms with E-state index in [0.717, 1.165) is 12.8 Å². The van der Waals surface area contributed by atoms with Gasteiger partial charge in [0.15, 0.2) is 0 Å². The molecule has 94 valence electrons. The number of pyridine rings is 1. The molecule has 5 heteroatoms. The molecule has 1 rings (SSSR count). The lowest BCUT2D eigenvalue weighted by molar-refractivity contribution is 0.0724. The van der Waals surface area contributed by atoms with Gasteiger partial charge in [0.2, 0.25) is 0 Å². The van der Waals surface area contributed by atoms with Crippen molar-refractivity contribution in [2.45, 2.75) is 32.7 Å². The fourth-order valence-corrected chi connectivity index (χ4v) is 1.98. The number of nitrogens with two attached hydrogens (primary N) is 1. The molecule has 4 nitrogen and oxygen atoms in total. The van der Waals surface area contributed by atoms with Crippen molar-refractivity contribution in [2.75, 3.05) is 12.8 Å². The molecule has 0 aliphatic rings. The maximum atomic E-state index is 12.2. The first-order chi connectivity index (χ1) is 8.01. The number of halogens is 1. The summed E-state index contributed by atoms with van der Waals surface area (Å²) in [6, 6.07) is 1.73. The van der Waals surface area contributed by atoms with Gasteiger partial charge >= 0.3 is 0 Å². The third-order valence-electron chi connectivity index (χ3n) is 2.94. The van der Waals surface area contributed by atoms with Crippen molar-refractivity contribution in [1.29, 1.82) is 0 Å². The van der Waals surface area contributed by atoms with E-state index in [-0.39, 0.29) is 17.1 Å². The fourth-order valence-electron chi connectivity index (χ4n) is 1.82. The number of hydrogen-bond acceptors (Lipinski definition) is 3. The predicted molar refractivity (Wildman–Crippen MR) is 70.1 cm³/mol. The number of nitrogens with zero attached hydrogens (tertiary/aromatic N) is 2. The standard InChI is InChI=1S/C12H18ClN3O/c1-4-8(5-2)16(3)12(17)9-6-11(13)15-7-10(9)14/h6-8H,4-5,14H2,1-3H3. The number of anilines is 1. The van der Waals surface area contributed by atoms with E-state index in [1.165, 1.54) is 12.3 Å². The van der Waals surface area contributed by atoms with Crippen molar-refractivity contribution in [2.24, 2.45) is 0 Å². The van der Waals surface area contributed by atoms with Crippen LogP contribution in [0.4, 0.5) is 5.69 Å². The molecule has 0 fully saturated rings. The average Bonchev–Trinajstić information content (AvgIpc) is 2.32. The van der Waals surface area contributed by atoms with Gasteiger partial charge in [0.05, 0.1) is 17.4 Å². The van der Waals surface area contributed by atoms with Gasteiger partial charge in [-0.05, 0) is 18.9 Å². The van der Waals surface area contributed by atoms with Crippen LogP contribution in [0.15, 0.2) is 12.3 Å². The smallest absolute Gasteiger partial charge is 0.256 e. The van der Waals surface area contributed by atoms with Gasteiger partial charge < -0.3 is 10.6 Å². The number of hydrogen-bond donors (Lipinski definition) is 1. The Bertz CT molecular complexity index is 405. The van der Waals surface area contributed by atoms with Crippen molar-refractivity contribution in [3.63, 3.8) is 0 Å². The largest absolute Gasteiger partial charge is 0.397 e. The van der Waals surface area contributed by atoms with Crippen molar-refractivity contribution >= 4 is 23.2 Å². The molecule has 0 aliphatic carbocycles. The molecule has 2 N–H and O–H groups in total. The molecule has 0 aromatic carbocycles. The van der Waals surface area contributed by atoms with E-state index in [1.807, 2.05) is 0 Å². The zero-order chi connectivity index (χ0) is 13.0. The van der Waals surface area contributed by atoms with Crippen LogP contribution in [-0.4, -0.2) is 28.9 Å². The molecule has 0 bridgehead atoms. The van der Waals surface area contributed by atoms with Crippen LogP contribution in [0.5, 0.6) is 0 Å². The molecular weight excluding hydrogens is 238 g/mol. The maximum Gasteiger partial charge on any atom is 0.256 e. The minimum atomic E-state index is -0.111. The lowest BCUT2D eigenvalue weighted by Gasteiger charge is -2.26. The Morgan fingerprint density at radius 2 is 2.12 bits per heavy atom. The molecule has 1 aromatic rings. The van der Waals surface area contributed by atoms with Crippen LogP contribution in [0.3, 0.4) is 0 Å². The van der Waals surface area contributed by atoms with Gasteiger partial charge in [-0.2, -0.15) is 0 Å². The molecule has 0 saturated heterocycles. The summed E-state index contributed by atoms with van der Waals surface area (Å²) in [5, 5.41) is 0.278. The number of aromatic nitrogens is 1. The van der Waals surface area contributed by atoms with E-state index in [4.69, 9.17) is 17.3 Å². The van der Waals surface area contributed by atoms with Gasteiger partial charge in [0, 0.05) is 13.1 Å². The second kappa shape index (κ2) is 5.87. The number of carbonyl (C=O) groups is 1. The molecule has 1 amide bonds. The Hall–Kier alpha value is -1.29. The Kier molecular flexibility index (Phi) is 4.75. The first-order valence-corrected chi connectivity index (χ1v) is 6.07. The minimum Gasteiger partial charge on any atom is -0.397 e. The number of amides is 1. The lowest BCUT2D eigenvalue weighted by atomic mass is 10.1. The van der Waals surface area contributed by atoms with Gasteiger partial charge in [-0.1, -0.05) is 25.4 Å². The summed E-state index contributed by atoms with van der Waals surface area (Å²) in [6.07, 6.45) is 3.24. The van der Waals surface area contributed by atoms with Gasteiger partial charge in [-0.3, -0.25) is 4.79 Å². The first kappa shape index (κ1) is 13.8. The highest BCUT2D eigenvalue weighted by Crippen LogP contribution is 2.19. The second-order valence-corrected chi connectivity index (χ2v) is 4.37. The highest BCUT2D eigenvalue weighted by molar-refractivity contribution is 6.29. The Morgan fingerprint density at radius 1 is 1.53 bits per heavy atom. The van der Waals surface area contributed by atoms with Crippen molar-refractivity contribution in [3.05, 3.63) is 23.0 Å². The van der Waals surface area contributed by atoms with E-state index < -0.39 is 0 Å². The maximum absolute atomic E-state index is 12.2. The van der Waals surface area contributed by atoms with Crippen LogP contribution in [0.1, 0.15) is 37.0 Å². The van der Waals surface area contributed by atoms with Crippen LogP contribution >= 0.6 is 11.6 Å². The highest BCUT2D eigenvalue weighted by atomic mass is 35.5. The normalized spacial score (nSPS) is 10.6. The lowest BCUT2D eigenvalue weighted by Crippen LogP contribution is -2.36. The van der Waals surface area contributed by atoms with E-state index in [9.17, 15) is 4.79 Å². The van der Waals surface area contributed by atoms with Crippen molar-refractivity contribution < 1.29 is 4.79 Å². The van der Waals surface area contributed by atoms with Gasteiger partial charge in [0.25, 0.3) is 5.91 Å². The molecule has 17 heavy (non-hydrogen) atoms. The van der Waals surface area contributed by atoms with Gasteiger partial charge in [0.1, 0.15) is 5.15 Å². The van der Waals surface area contributed by atoms with Gasteiger partial charge in [-0.25, -0.2) is 4.98 Å². The summed E-state index contributed by atoms with van der Waals surface area (Å²) in [6.45, 7) is 4.11. The number of carbonyl (C=O) groups excluding carboxylic acids is 1. The average molecular weight is 256 g/mol. The first-order valence-electron chi connectivity index (χ1n) is 5.69. The third-order valence-corrected chi connectivity index (χ3v) is 3.15. The monoisotopic (exact) mass is 255 g/mol. The minimum absolute atomic E-state index is 0.111. The highest BCUT2D eigenvalue weighted by Gasteiger charge is 2.20. The predicted octanol–water partition coefficient (Wildman–Crippen LogP) is 2.58. The molecule has 0 atom stereocenters. The van der Waals surface area contributed by atoms with Crippen LogP contribution in [0, 0.1) is 0 Å². The molecule has 0 aliphatic heterocycles. The number of rotatable bonds is 4. The molecule has 0 radical (unpaired) electrons. The summed E-state index contributed by atoms with van der Waals surface area (Å²) in [5.41, 5.74) is 6.52. The number of nitrogen functional groups attached to an aromatic ring is 1. The van der Waals surface area contributed by atoms with E-state index in [1.54, 1.807) is 11.9 Å². The van der Waals surface area contributed by atoms with E-state index >= 15 is 0 Å². The Morgan fingerprint density at radius 3 is 2.65 bits per heavy atom. The molecule has 0 spiro atoms. The summed E-state index contributed by atoms with van der Waals surface area (Å²) in [4.78, 5) is 17.8. The van der Waals surface area contributed by atoms with E-state index in [2.05, 4.69) is 18.8 Å². The molecule has 1 heterocycles. The third kappa shape index (κ3) is 3.09. The molecule has 1 aromatic heterocycles. The van der Waals surface area contributed by atoms with Crippen LogP contribution in [0.25, 0.3) is 0 Å². The summed E-state index contributed by atoms with van der Waals surface area (Å²) in [7, 11) is 1.79. The zero-order valence-corrected chi connectivity index (χ0v) is 11.2. The SMILES string of the molecule is CCC(CC)N(C)C(=O)c1cc(Cl)ncc1N. The fraction of sp³-hybridized carbons (Fsp3) is 0.500. The molecule has 0 unspecified atom stereocenters. The van der Waals surface area contributed by atoms with E-state index in [0.29, 0.717) is 11.3 Å². The quantitative estimate of drug-likeness (QED) is 0.842. The van der Waals surface area contributed by atoms with Crippen molar-refractivity contribution in [1.82, 2.24) is 9.88 Å². The Labute approximate surface area is 107 Å². The zero-order valence-electron chi connectivity index (χ0n) is 10.4.